The van der Waals surface area contributed by atoms with Gasteiger partial charge in [-0.05, 0) is 11.6 Å². The van der Waals surface area contributed by atoms with Gasteiger partial charge in [-0.1, -0.05) is 0 Å². The Balaban J connectivity index is 2.31. The van der Waals surface area contributed by atoms with Crippen LogP contribution in [0.4, 0.5) is 4.79 Å². The van der Waals surface area contributed by atoms with Gasteiger partial charge in [0, 0.05) is 6.08 Å². The van der Waals surface area contributed by atoms with Crippen LogP contribution in [0.5, 0.6) is 0 Å². The molecule has 3 amide bonds. The van der Waals surface area contributed by atoms with Gasteiger partial charge in [0.1, 0.15) is 12.0 Å². The number of hydrogen-bond acceptors (Lipinski definition) is 5. The number of carbonyl (C=O) groups is 2. The maximum Gasteiger partial charge on any atom is 0.326 e. The predicted octanol–water partition coefficient (Wildman–Crippen LogP) is -0.295. The second-order valence-electron chi connectivity index (χ2n) is 2.58. The van der Waals surface area contributed by atoms with Gasteiger partial charge in [-0.3, -0.25) is 10.1 Å². The number of halogens is 1. The molecule has 2 N–H and O–H groups in total. The van der Waals surface area contributed by atoms with E-state index in [0.717, 1.165) is 0 Å². The van der Waals surface area contributed by atoms with E-state index in [9.17, 15) is 9.59 Å². The molecule has 0 bridgehead atoms. The summed E-state index contributed by atoms with van der Waals surface area (Å²) in [6, 6.07) is -0.577. The normalized spacial score (nSPS) is 17.8. The summed E-state index contributed by atoms with van der Waals surface area (Å²) in [4.78, 5) is 32.9. The van der Waals surface area contributed by atoms with Gasteiger partial charge >= 0.3 is 6.03 Å². The van der Waals surface area contributed by atoms with Crippen LogP contribution >= 0.6 is 11.6 Å². The molecule has 0 atom stereocenters. The minimum Gasteiger partial charge on any atom is -0.303 e. The zero-order chi connectivity index (χ0) is 10.8. The summed E-state index contributed by atoms with van der Waals surface area (Å²) < 4.78 is 0. The van der Waals surface area contributed by atoms with Crippen LogP contribution in [0.2, 0.25) is 5.28 Å². The molecule has 1 aromatic heterocycles. The van der Waals surface area contributed by atoms with Gasteiger partial charge in [-0.15, -0.1) is 0 Å². The highest BCUT2D eigenvalue weighted by atomic mass is 35.5. The molecule has 7 nitrogen and oxygen atoms in total. The van der Waals surface area contributed by atoms with Crippen LogP contribution in [-0.2, 0) is 4.79 Å². The van der Waals surface area contributed by atoms with E-state index in [0.29, 0.717) is 0 Å². The van der Waals surface area contributed by atoms with Crippen LogP contribution in [-0.4, -0.2) is 26.9 Å². The maximum absolute atomic E-state index is 11.1. The third-order valence-corrected chi connectivity index (χ3v) is 1.74. The van der Waals surface area contributed by atoms with Gasteiger partial charge in [0.2, 0.25) is 5.28 Å². The summed E-state index contributed by atoms with van der Waals surface area (Å²) in [5, 5.41) is 4.35. The van der Waals surface area contributed by atoms with E-state index in [4.69, 9.17) is 11.6 Å². The minimum atomic E-state index is -0.577. The summed E-state index contributed by atoms with van der Waals surface area (Å²) in [6.07, 6.45) is 2.50. The molecule has 15 heavy (non-hydrogen) atoms. The summed E-state index contributed by atoms with van der Waals surface area (Å²) in [7, 11) is 0. The Morgan fingerprint density at radius 3 is 2.67 bits per heavy atom. The largest absolute Gasteiger partial charge is 0.326 e. The van der Waals surface area contributed by atoms with Crippen LogP contribution < -0.4 is 10.6 Å². The molecular weight excluding hydrogens is 222 g/mol. The topological polar surface area (TPSA) is 96.9 Å². The molecule has 8 heteroatoms. The lowest BCUT2D eigenvalue weighted by Crippen LogP contribution is -2.22. The number of amides is 3. The number of carbonyl (C=O) groups excluding carboxylic acids is 2. The maximum atomic E-state index is 11.1. The van der Waals surface area contributed by atoms with Crippen molar-refractivity contribution in [1.29, 1.82) is 0 Å². The average Bonchev–Trinajstić information content (AvgIpc) is 2.45. The van der Waals surface area contributed by atoms with Gasteiger partial charge in [0.15, 0.2) is 5.82 Å². The number of rotatable bonds is 1. The first-order chi connectivity index (χ1) is 7.15. The first-order valence-corrected chi connectivity index (χ1v) is 4.21. The number of nitrogens with one attached hydrogen (secondary N) is 2. The van der Waals surface area contributed by atoms with Crippen molar-refractivity contribution in [3.8, 4) is 0 Å². The number of imide groups is 1. The SMILES string of the molecule is O=C1NC(=O)/C(=C/c2ncnc(Cl)n2)N1. The molecule has 1 aromatic rings. The Bertz CT molecular complexity index is 472. The van der Waals surface area contributed by atoms with Crippen molar-refractivity contribution in [3.05, 3.63) is 23.1 Å². The predicted molar refractivity (Wildman–Crippen MR) is 49.5 cm³/mol. The Kier molecular flexibility index (Phi) is 2.30. The summed E-state index contributed by atoms with van der Waals surface area (Å²) in [5.74, 6) is -0.334. The molecule has 2 heterocycles. The van der Waals surface area contributed by atoms with E-state index < -0.39 is 11.9 Å². The van der Waals surface area contributed by atoms with Crippen LogP contribution in [0.1, 0.15) is 5.82 Å². The Morgan fingerprint density at radius 1 is 1.27 bits per heavy atom. The van der Waals surface area contributed by atoms with Crippen molar-refractivity contribution < 1.29 is 9.59 Å². The molecule has 0 radical (unpaired) electrons. The van der Waals surface area contributed by atoms with Crippen LogP contribution in [0.3, 0.4) is 0 Å². The second kappa shape index (κ2) is 3.62. The molecule has 1 aliphatic heterocycles. The quantitative estimate of drug-likeness (QED) is 0.505. The Hall–Kier alpha value is -2.02. The van der Waals surface area contributed by atoms with Crippen molar-refractivity contribution in [2.24, 2.45) is 0 Å². The zero-order valence-electron chi connectivity index (χ0n) is 7.19. The van der Waals surface area contributed by atoms with Crippen molar-refractivity contribution in [2.75, 3.05) is 0 Å². The number of nitrogens with zero attached hydrogens (tertiary/aromatic N) is 3. The fraction of sp³-hybridized carbons (Fsp3) is 0. The molecule has 0 unspecified atom stereocenters. The van der Waals surface area contributed by atoms with E-state index in [1.165, 1.54) is 12.4 Å². The van der Waals surface area contributed by atoms with E-state index in [2.05, 4.69) is 20.3 Å². The second-order valence-corrected chi connectivity index (χ2v) is 2.92. The van der Waals surface area contributed by atoms with Crippen LogP contribution in [0.25, 0.3) is 6.08 Å². The summed E-state index contributed by atoms with van der Waals surface area (Å²) in [5.41, 5.74) is 0.0715. The van der Waals surface area contributed by atoms with Crippen molar-refractivity contribution >= 4 is 29.6 Å². The number of aromatic nitrogens is 3. The molecule has 0 aliphatic carbocycles. The fourth-order valence-electron chi connectivity index (χ4n) is 0.969. The van der Waals surface area contributed by atoms with Gasteiger partial charge in [-0.25, -0.2) is 14.8 Å². The Labute approximate surface area is 88.6 Å². The van der Waals surface area contributed by atoms with E-state index in [-0.39, 0.29) is 16.8 Å². The lowest BCUT2D eigenvalue weighted by atomic mass is 10.4. The van der Waals surface area contributed by atoms with Crippen LogP contribution in [0, 0.1) is 0 Å². The van der Waals surface area contributed by atoms with Crippen molar-refractivity contribution in [3.63, 3.8) is 0 Å². The number of hydrogen-bond donors (Lipinski definition) is 2. The van der Waals surface area contributed by atoms with Gasteiger partial charge in [0.25, 0.3) is 5.91 Å². The van der Waals surface area contributed by atoms with Crippen molar-refractivity contribution in [1.82, 2.24) is 25.6 Å². The van der Waals surface area contributed by atoms with E-state index in [1.54, 1.807) is 0 Å². The zero-order valence-corrected chi connectivity index (χ0v) is 7.95. The molecule has 0 saturated carbocycles. The first-order valence-electron chi connectivity index (χ1n) is 3.84. The smallest absolute Gasteiger partial charge is 0.303 e. The van der Waals surface area contributed by atoms with Gasteiger partial charge in [0.05, 0.1) is 0 Å². The molecule has 0 aromatic carbocycles. The molecule has 0 spiro atoms. The lowest BCUT2D eigenvalue weighted by molar-refractivity contribution is -0.115. The molecule has 1 fully saturated rings. The lowest BCUT2D eigenvalue weighted by Gasteiger charge is -1.93. The highest BCUT2D eigenvalue weighted by Gasteiger charge is 2.23. The highest BCUT2D eigenvalue weighted by Crippen LogP contribution is 2.04. The van der Waals surface area contributed by atoms with Crippen LogP contribution in [0.15, 0.2) is 12.0 Å². The summed E-state index contributed by atoms with van der Waals surface area (Å²) in [6.45, 7) is 0. The average molecular weight is 226 g/mol. The van der Waals surface area contributed by atoms with Crippen molar-refractivity contribution in [2.45, 2.75) is 0 Å². The number of urea groups is 1. The molecule has 76 valence electrons. The molecule has 1 saturated heterocycles. The molecule has 1 aliphatic rings. The standard InChI is InChI=1S/C7H4ClN5O2/c8-6-10-2-9-4(12-6)1-3-5(14)13-7(15)11-3/h1-2H,(H2,11,13,14,15)/b3-1-. The first kappa shape index (κ1) is 9.53. The molecular formula is C7H4ClN5O2. The van der Waals surface area contributed by atoms with E-state index in [1.807, 2.05) is 5.32 Å². The summed E-state index contributed by atoms with van der Waals surface area (Å²) >= 11 is 5.52. The highest BCUT2D eigenvalue weighted by molar-refractivity contribution is 6.28. The monoisotopic (exact) mass is 225 g/mol. The minimum absolute atomic E-state index is 0.0154. The molecule has 2 rings (SSSR count). The fourth-order valence-corrected chi connectivity index (χ4v) is 1.10. The van der Waals surface area contributed by atoms with E-state index >= 15 is 0 Å². The third kappa shape index (κ3) is 2.08. The third-order valence-electron chi connectivity index (χ3n) is 1.55. The van der Waals surface area contributed by atoms with Gasteiger partial charge in [-0.2, -0.15) is 4.98 Å². The Morgan fingerprint density at radius 2 is 2.07 bits per heavy atom. The van der Waals surface area contributed by atoms with Gasteiger partial charge < -0.3 is 5.32 Å².